The van der Waals surface area contributed by atoms with E-state index in [9.17, 15) is 4.79 Å². The van der Waals surface area contributed by atoms with Crippen LogP contribution in [0.25, 0.3) is 22.6 Å². The Morgan fingerprint density at radius 1 is 1.23 bits per heavy atom. The molecule has 0 fully saturated rings. The van der Waals surface area contributed by atoms with Gasteiger partial charge in [-0.25, -0.2) is 9.78 Å². The van der Waals surface area contributed by atoms with E-state index < -0.39 is 5.97 Å². The van der Waals surface area contributed by atoms with Crippen molar-refractivity contribution in [2.75, 3.05) is 11.9 Å². The van der Waals surface area contributed by atoms with E-state index in [4.69, 9.17) is 14.4 Å². The largest absolute Gasteiger partial charge is 0.462 e. The minimum absolute atomic E-state index is 0.0833. The Bertz CT molecular complexity index is 1120. The number of anilines is 1. The van der Waals surface area contributed by atoms with Crippen molar-refractivity contribution in [2.24, 2.45) is 0 Å². The van der Waals surface area contributed by atoms with Crippen molar-refractivity contribution in [1.82, 2.24) is 4.98 Å². The molecule has 0 atom stereocenters. The molecule has 0 radical (unpaired) electrons. The van der Waals surface area contributed by atoms with E-state index in [-0.39, 0.29) is 17.6 Å². The number of hydrogen-bond donors (Lipinski definition) is 1. The highest BCUT2D eigenvalue weighted by Gasteiger charge is 2.19. The van der Waals surface area contributed by atoms with Crippen molar-refractivity contribution in [3.63, 3.8) is 0 Å². The molecule has 0 saturated heterocycles. The number of ether oxygens (including phenoxy) is 1. The van der Waals surface area contributed by atoms with Crippen LogP contribution in [-0.2, 0) is 14.9 Å². The summed E-state index contributed by atoms with van der Waals surface area (Å²) in [5.41, 5.74) is 4.37. The van der Waals surface area contributed by atoms with Gasteiger partial charge in [0, 0.05) is 17.5 Å². The van der Waals surface area contributed by atoms with Gasteiger partial charge in [0.1, 0.15) is 11.6 Å². The summed E-state index contributed by atoms with van der Waals surface area (Å²) in [6.45, 7) is 8.52. The number of fused-ring (bicyclic) bond motifs is 1. The molecule has 0 saturated carbocycles. The normalized spacial score (nSPS) is 11.9. The van der Waals surface area contributed by atoms with E-state index in [1.54, 1.807) is 6.92 Å². The molecule has 0 spiro atoms. The maximum absolute atomic E-state index is 11.7. The van der Waals surface area contributed by atoms with E-state index >= 15 is 0 Å². The fourth-order valence-electron chi connectivity index (χ4n) is 2.89. The Morgan fingerprint density at radius 3 is 2.60 bits per heavy atom. The first kappa shape index (κ1) is 21.1. The molecular formula is C24H25N3O3. The Balaban J connectivity index is 1.80. The molecular weight excluding hydrogens is 378 g/mol. The fraction of sp³-hybridized carbons (Fsp3) is 0.292. The Morgan fingerprint density at radius 2 is 1.97 bits per heavy atom. The monoisotopic (exact) mass is 403 g/mol. The number of nitrogens with one attached hydrogen (secondary N) is 1. The summed E-state index contributed by atoms with van der Waals surface area (Å²) in [7, 11) is 0. The summed E-state index contributed by atoms with van der Waals surface area (Å²) in [4.78, 5) is 16.3. The molecule has 1 aromatic heterocycles. The van der Waals surface area contributed by atoms with Gasteiger partial charge in [0.05, 0.1) is 6.61 Å². The summed E-state index contributed by atoms with van der Waals surface area (Å²) in [5, 5.41) is 12.0. The Hall–Kier alpha value is -3.59. The van der Waals surface area contributed by atoms with Crippen LogP contribution in [-0.4, -0.2) is 17.6 Å². The molecule has 3 aromatic rings. The van der Waals surface area contributed by atoms with Crippen LogP contribution in [0.1, 0.15) is 39.7 Å². The maximum Gasteiger partial charge on any atom is 0.350 e. The highest BCUT2D eigenvalue weighted by Crippen LogP contribution is 2.31. The molecule has 6 nitrogen and oxygen atoms in total. The lowest BCUT2D eigenvalue weighted by atomic mass is 9.82. The third-order valence-electron chi connectivity index (χ3n) is 5.18. The molecule has 0 aliphatic carbocycles. The van der Waals surface area contributed by atoms with Gasteiger partial charge in [-0.2, -0.15) is 5.26 Å². The summed E-state index contributed by atoms with van der Waals surface area (Å²) in [6, 6.07) is 15.4. The number of rotatable bonds is 7. The molecule has 1 heterocycles. The van der Waals surface area contributed by atoms with Crippen molar-refractivity contribution in [1.29, 1.82) is 5.26 Å². The zero-order chi connectivity index (χ0) is 21.7. The number of benzene rings is 2. The molecule has 2 aromatic carbocycles. The predicted octanol–water partition coefficient (Wildman–Crippen LogP) is 5.56. The molecule has 154 valence electrons. The van der Waals surface area contributed by atoms with Gasteiger partial charge in [-0.05, 0) is 60.7 Å². The van der Waals surface area contributed by atoms with Crippen LogP contribution in [0.2, 0.25) is 0 Å². The second-order valence-corrected chi connectivity index (χ2v) is 7.55. The van der Waals surface area contributed by atoms with Gasteiger partial charge in [-0.1, -0.05) is 26.8 Å². The second-order valence-electron chi connectivity index (χ2n) is 7.55. The first-order valence-electron chi connectivity index (χ1n) is 9.93. The van der Waals surface area contributed by atoms with Gasteiger partial charge in [0.15, 0.2) is 11.2 Å². The van der Waals surface area contributed by atoms with Gasteiger partial charge in [0.25, 0.3) is 0 Å². The zero-order valence-corrected chi connectivity index (χ0v) is 17.7. The summed E-state index contributed by atoms with van der Waals surface area (Å²) in [6.07, 6.45) is 2.37. The number of oxazole rings is 1. The van der Waals surface area contributed by atoms with Crippen LogP contribution in [0.3, 0.4) is 0 Å². The molecule has 6 heteroatoms. The van der Waals surface area contributed by atoms with E-state index in [2.05, 4.69) is 43.2 Å². The van der Waals surface area contributed by atoms with Crippen molar-refractivity contribution in [2.45, 2.75) is 39.5 Å². The molecule has 30 heavy (non-hydrogen) atoms. The predicted molar refractivity (Wildman–Crippen MR) is 117 cm³/mol. The molecule has 1 N–H and O–H groups in total. The van der Waals surface area contributed by atoms with E-state index in [0.717, 1.165) is 28.8 Å². The van der Waals surface area contributed by atoms with Gasteiger partial charge in [-0.3, -0.25) is 0 Å². The van der Waals surface area contributed by atoms with Gasteiger partial charge < -0.3 is 14.5 Å². The average Bonchev–Trinajstić information content (AvgIpc) is 3.18. The molecule has 3 rings (SSSR count). The Kier molecular flexibility index (Phi) is 6.22. The summed E-state index contributed by atoms with van der Waals surface area (Å²) >= 11 is 0. The minimum Gasteiger partial charge on any atom is -0.462 e. The number of hydrogen-bond acceptors (Lipinski definition) is 6. The van der Waals surface area contributed by atoms with Crippen molar-refractivity contribution < 1.29 is 13.9 Å². The molecule has 0 aliphatic heterocycles. The van der Waals surface area contributed by atoms with Gasteiger partial charge in [0.2, 0.25) is 5.89 Å². The van der Waals surface area contributed by atoms with Crippen LogP contribution in [0.15, 0.2) is 58.7 Å². The summed E-state index contributed by atoms with van der Waals surface area (Å²) in [5.74, 6) is -0.107. The lowest BCUT2D eigenvalue weighted by molar-refractivity contribution is -0.138. The van der Waals surface area contributed by atoms with Crippen LogP contribution in [0.5, 0.6) is 0 Å². The minimum atomic E-state index is -0.652. The first-order valence-corrected chi connectivity index (χ1v) is 9.93. The number of carbonyl (C=O) groups is 1. The van der Waals surface area contributed by atoms with Crippen molar-refractivity contribution >= 4 is 22.8 Å². The highest BCUT2D eigenvalue weighted by atomic mass is 16.5. The summed E-state index contributed by atoms with van der Waals surface area (Å²) < 4.78 is 10.8. The zero-order valence-electron chi connectivity index (χ0n) is 17.7. The molecule has 0 amide bonds. The quantitative estimate of drug-likeness (QED) is 0.315. The van der Waals surface area contributed by atoms with E-state index in [1.165, 1.54) is 11.8 Å². The van der Waals surface area contributed by atoms with Crippen LogP contribution in [0, 0.1) is 11.3 Å². The number of nitrogens with zero attached hydrogens (tertiary/aromatic N) is 2. The molecule has 0 unspecified atom stereocenters. The number of aromatic nitrogens is 1. The SMILES string of the molecule is CCOC(=O)/C(C#N)=C/Nc1ccc(-c2nc3cc(C(C)(C)CC)ccc3o2)cc1. The lowest BCUT2D eigenvalue weighted by Crippen LogP contribution is -2.14. The molecule has 0 aliphatic rings. The fourth-order valence-corrected chi connectivity index (χ4v) is 2.89. The van der Waals surface area contributed by atoms with Gasteiger partial charge >= 0.3 is 5.97 Å². The topological polar surface area (TPSA) is 88.2 Å². The van der Waals surface area contributed by atoms with Crippen LogP contribution < -0.4 is 5.32 Å². The highest BCUT2D eigenvalue weighted by molar-refractivity contribution is 5.93. The van der Waals surface area contributed by atoms with Crippen molar-refractivity contribution in [3.8, 4) is 17.5 Å². The van der Waals surface area contributed by atoms with E-state index in [1.807, 2.05) is 36.4 Å². The average molecular weight is 403 g/mol. The standard InChI is InChI=1S/C24H25N3O3/c1-5-24(3,4)18-9-12-21-20(13-18)27-22(30-21)16-7-10-19(11-8-16)26-15-17(14-25)23(28)29-6-2/h7-13,15,26H,5-6H2,1-4H3/b17-15+. The Labute approximate surface area is 176 Å². The first-order chi connectivity index (χ1) is 14.4. The van der Waals surface area contributed by atoms with Crippen LogP contribution >= 0.6 is 0 Å². The maximum atomic E-state index is 11.7. The second kappa shape index (κ2) is 8.83. The third-order valence-corrected chi connectivity index (χ3v) is 5.18. The number of carbonyl (C=O) groups excluding carboxylic acids is 1. The number of nitriles is 1. The van der Waals surface area contributed by atoms with Crippen molar-refractivity contribution in [3.05, 3.63) is 59.8 Å². The molecule has 0 bridgehead atoms. The van der Waals surface area contributed by atoms with Crippen LogP contribution in [0.4, 0.5) is 5.69 Å². The van der Waals surface area contributed by atoms with Gasteiger partial charge in [-0.15, -0.1) is 0 Å². The lowest BCUT2D eigenvalue weighted by Gasteiger charge is -2.22. The van der Waals surface area contributed by atoms with E-state index in [0.29, 0.717) is 5.89 Å². The third kappa shape index (κ3) is 4.52. The number of esters is 1. The smallest absolute Gasteiger partial charge is 0.350 e.